The fourth-order valence-electron chi connectivity index (χ4n) is 3.70. The van der Waals surface area contributed by atoms with Crippen molar-refractivity contribution in [1.82, 2.24) is 10.2 Å². The summed E-state index contributed by atoms with van der Waals surface area (Å²) < 4.78 is 0. The molecule has 0 saturated carbocycles. The Morgan fingerprint density at radius 2 is 2.00 bits per heavy atom. The minimum absolute atomic E-state index is 0.0310. The van der Waals surface area contributed by atoms with Gasteiger partial charge in [0.15, 0.2) is 0 Å². The first-order valence-electron chi connectivity index (χ1n) is 8.17. The molecule has 21 heavy (non-hydrogen) atoms. The van der Waals surface area contributed by atoms with E-state index < -0.39 is 0 Å². The predicted molar refractivity (Wildman–Crippen MR) is 85.0 cm³/mol. The number of nitrogens with zero attached hydrogens (tertiary/aromatic N) is 1. The molecule has 1 unspecified atom stereocenters. The Hall–Kier alpha value is -1.35. The van der Waals surface area contributed by atoms with E-state index in [9.17, 15) is 4.79 Å². The number of aryl methyl sites for hydroxylation is 1. The molecule has 0 spiro atoms. The topological polar surface area (TPSA) is 32.3 Å². The molecule has 1 fully saturated rings. The first kappa shape index (κ1) is 14.6. The Morgan fingerprint density at radius 3 is 2.76 bits per heavy atom. The third-order valence-electron chi connectivity index (χ3n) is 5.04. The molecule has 0 radical (unpaired) electrons. The van der Waals surface area contributed by atoms with E-state index in [4.69, 9.17) is 0 Å². The van der Waals surface area contributed by atoms with Crippen molar-refractivity contribution >= 4 is 5.91 Å². The largest absolute Gasteiger partial charge is 0.337 e. The summed E-state index contributed by atoms with van der Waals surface area (Å²) in [5.74, 6) is 0.288. The molecule has 2 aliphatic rings. The Bertz CT molecular complexity index is 524. The summed E-state index contributed by atoms with van der Waals surface area (Å²) in [7, 11) is 0. The molecule has 3 nitrogen and oxygen atoms in total. The number of rotatable bonds is 1. The van der Waals surface area contributed by atoms with E-state index in [0.29, 0.717) is 0 Å². The van der Waals surface area contributed by atoms with Gasteiger partial charge in [-0.25, -0.2) is 0 Å². The summed E-state index contributed by atoms with van der Waals surface area (Å²) in [6, 6.07) is 8.51. The molecule has 114 valence electrons. The number of nitrogens with one attached hydrogen (secondary N) is 1. The van der Waals surface area contributed by atoms with Gasteiger partial charge in [0.25, 0.3) is 0 Å². The molecule has 1 atom stereocenters. The van der Waals surface area contributed by atoms with Crippen LogP contribution in [0.4, 0.5) is 0 Å². The molecule has 1 aromatic carbocycles. The van der Waals surface area contributed by atoms with E-state index in [-0.39, 0.29) is 17.4 Å². The summed E-state index contributed by atoms with van der Waals surface area (Å²) in [4.78, 5) is 15.1. The van der Waals surface area contributed by atoms with E-state index in [1.807, 2.05) is 0 Å². The van der Waals surface area contributed by atoms with Crippen LogP contribution in [0, 0.1) is 5.41 Å². The standard InChI is InChI=1S/C18H26N2O/c1-18(2)10-6-11-19-16(18)17(21)20-12-5-9-14-7-3-4-8-15(14)13-20/h3-4,7-8,16,19H,5-6,9-13H2,1-2H3. The van der Waals surface area contributed by atoms with Crippen molar-refractivity contribution in [2.24, 2.45) is 5.41 Å². The SMILES string of the molecule is CC1(C)CCCNC1C(=O)N1CCCc2ccccc2C1. The zero-order valence-electron chi connectivity index (χ0n) is 13.2. The number of benzene rings is 1. The maximum absolute atomic E-state index is 13.0. The first-order valence-corrected chi connectivity index (χ1v) is 8.17. The van der Waals surface area contributed by atoms with Gasteiger partial charge in [-0.05, 0) is 48.8 Å². The van der Waals surface area contributed by atoms with Crippen LogP contribution in [0.3, 0.4) is 0 Å². The Kier molecular flexibility index (Phi) is 4.03. The molecule has 3 heteroatoms. The van der Waals surface area contributed by atoms with Gasteiger partial charge in [0, 0.05) is 13.1 Å². The molecule has 0 aromatic heterocycles. The van der Waals surface area contributed by atoms with Crippen LogP contribution in [-0.4, -0.2) is 29.9 Å². The number of carbonyl (C=O) groups is 1. The second kappa shape index (κ2) is 5.80. The van der Waals surface area contributed by atoms with Crippen LogP contribution in [0.15, 0.2) is 24.3 Å². The van der Waals surface area contributed by atoms with Crippen LogP contribution in [0.1, 0.15) is 44.2 Å². The second-order valence-corrected chi connectivity index (χ2v) is 7.11. The van der Waals surface area contributed by atoms with Crippen LogP contribution in [-0.2, 0) is 17.8 Å². The molecule has 2 heterocycles. The normalized spacial score (nSPS) is 25.0. The van der Waals surface area contributed by atoms with Gasteiger partial charge in [-0.2, -0.15) is 0 Å². The highest BCUT2D eigenvalue weighted by Gasteiger charge is 2.39. The maximum atomic E-state index is 13.0. The highest BCUT2D eigenvalue weighted by atomic mass is 16.2. The van der Waals surface area contributed by atoms with Crippen LogP contribution >= 0.6 is 0 Å². The molecule has 1 amide bonds. The van der Waals surface area contributed by atoms with Crippen LogP contribution in [0.2, 0.25) is 0 Å². The third-order valence-corrected chi connectivity index (χ3v) is 5.04. The van der Waals surface area contributed by atoms with E-state index in [1.165, 1.54) is 17.5 Å². The molecule has 1 N–H and O–H groups in total. The fraction of sp³-hybridized carbons (Fsp3) is 0.611. The number of fused-ring (bicyclic) bond motifs is 1. The van der Waals surface area contributed by atoms with Gasteiger partial charge in [-0.3, -0.25) is 4.79 Å². The predicted octanol–water partition coefficient (Wildman–Crippen LogP) is 2.74. The van der Waals surface area contributed by atoms with Gasteiger partial charge in [-0.15, -0.1) is 0 Å². The third kappa shape index (κ3) is 2.98. The molecule has 0 bridgehead atoms. The quantitative estimate of drug-likeness (QED) is 0.861. The molecule has 0 aliphatic carbocycles. The summed E-state index contributed by atoms with van der Waals surface area (Å²) in [6.07, 6.45) is 4.44. The van der Waals surface area contributed by atoms with Crippen molar-refractivity contribution in [3.05, 3.63) is 35.4 Å². The number of piperidine rings is 1. The van der Waals surface area contributed by atoms with E-state index in [2.05, 4.69) is 48.3 Å². The smallest absolute Gasteiger partial charge is 0.240 e. The number of amides is 1. The van der Waals surface area contributed by atoms with Gasteiger partial charge in [0.2, 0.25) is 5.91 Å². The van der Waals surface area contributed by atoms with Gasteiger partial charge in [0.05, 0.1) is 6.04 Å². The average molecular weight is 286 g/mol. The first-order chi connectivity index (χ1) is 10.1. The summed E-state index contributed by atoms with van der Waals surface area (Å²) in [5.41, 5.74) is 2.78. The van der Waals surface area contributed by atoms with Crippen LogP contribution < -0.4 is 5.32 Å². The fourth-order valence-corrected chi connectivity index (χ4v) is 3.70. The highest BCUT2D eigenvalue weighted by Crippen LogP contribution is 2.32. The Morgan fingerprint density at radius 1 is 1.24 bits per heavy atom. The molecule has 1 saturated heterocycles. The molecule has 1 aromatic rings. The molecule has 2 aliphatic heterocycles. The molecular formula is C18H26N2O. The lowest BCUT2D eigenvalue weighted by Gasteiger charge is -2.40. The Balaban J connectivity index is 1.79. The van der Waals surface area contributed by atoms with Crippen molar-refractivity contribution in [2.45, 2.75) is 52.1 Å². The second-order valence-electron chi connectivity index (χ2n) is 7.11. The van der Waals surface area contributed by atoms with E-state index >= 15 is 0 Å². The van der Waals surface area contributed by atoms with Crippen molar-refractivity contribution < 1.29 is 4.79 Å². The average Bonchev–Trinajstić information content (AvgIpc) is 2.68. The molecule has 3 rings (SSSR count). The van der Waals surface area contributed by atoms with Crippen molar-refractivity contribution in [3.8, 4) is 0 Å². The van der Waals surface area contributed by atoms with Gasteiger partial charge in [0.1, 0.15) is 0 Å². The van der Waals surface area contributed by atoms with E-state index in [1.54, 1.807) is 0 Å². The Labute approximate surface area is 127 Å². The van der Waals surface area contributed by atoms with Crippen LogP contribution in [0.25, 0.3) is 0 Å². The van der Waals surface area contributed by atoms with Crippen molar-refractivity contribution in [2.75, 3.05) is 13.1 Å². The van der Waals surface area contributed by atoms with Crippen molar-refractivity contribution in [1.29, 1.82) is 0 Å². The zero-order valence-corrected chi connectivity index (χ0v) is 13.2. The lowest BCUT2D eigenvalue weighted by Crippen LogP contribution is -2.56. The lowest BCUT2D eigenvalue weighted by atomic mass is 9.77. The van der Waals surface area contributed by atoms with Crippen LogP contribution in [0.5, 0.6) is 0 Å². The minimum Gasteiger partial charge on any atom is -0.337 e. The monoisotopic (exact) mass is 286 g/mol. The number of hydrogen-bond acceptors (Lipinski definition) is 2. The summed E-state index contributed by atoms with van der Waals surface area (Å²) in [5, 5.41) is 3.46. The van der Waals surface area contributed by atoms with Gasteiger partial charge >= 0.3 is 0 Å². The minimum atomic E-state index is -0.0310. The number of carbonyl (C=O) groups excluding carboxylic acids is 1. The highest BCUT2D eigenvalue weighted by molar-refractivity contribution is 5.83. The van der Waals surface area contributed by atoms with Crippen molar-refractivity contribution in [3.63, 3.8) is 0 Å². The molecular weight excluding hydrogens is 260 g/mol. The van der Waals surface area contributed by atoms with Gasteiger partial charge < -0.3 is 10.2 Å². The maximum Gasteiger partial charge on any atom is 0.240 e. The number of hydrogen-bond donors (Lipinski definition) is 1. The zero-order chi connectivity index (χ0) is 14.9. The lowest BCUT2D eigenvalue weighted by molar-refractivity contribution is -0.138. The van der Waals surface area contributed by atoms with Gasteiger partial charge in [-0.1, -0.05) is 38.1 Å². The summed E-state index contributed by atoms with van der Waals surface area (Å²) >= 11 is 0. The van der Waals surface area contributed by atoms with E-state index in [0.717, 1.165) is 38.9 Å². The summed E-state index contributed by atoms with van der Waals surface area (Å²) in [6.45, 7) is 7.04.